The van der Waals surface area contributed by atoms with Gasteiger partial charge in [0.05, 0.1) is 30.9 Å². The van der Waals surface area contributed by atoms with E-state index in [1.165, 1.54) is 47.8 Å². The molecule has 0 saturated carbocycles. The van der Waals surface area contributed by atoms with Gasteiger partial charge in [-0.15, -0.1) is 0 Å². The van der Waals surface area contributed by atoms with Gasteiger partial charge in [-0.05, 0) is 42.0 Å². The first-order valence-electron chi connectivity index (χ1n) is 9.46. The van der Waals surface area contributed by atoms with Crippen LogP contribution in [0, 0.1) is 0 Å². The number of anilines is 1. The number of carbonyl (C=O) groups is 2. The summed E-state index contributed by atoms with van der Waals surface area (Å²) in [6.07, 6.45) is 2.84. The van der Waals surface area contributed by atoms with Gasteiger partial charge < -0.3 is 20.5 Å². The molecular weight excluding hydrogens is 422 g/mol. The third kappa shape index (κ3) is 5.48. The summed E-state index contributed by atoms with van der Waals surface area (Å²) in [6, 6.07) is 10.7. The number of sulfonamides is 1. The molecule has 0 atom stereocenters. The minimum absolute atomic E-state index is 0.184. The van der Waals surface area contributed by atoms with Crippen LogP contribution >= 0.6 is 0 Å². The molecule has 1 saturated heterocycles. The normalized spacial score (nSPS) is 15.0. The molecule has 3 N–H and O–H groups in total. The minimum Gasteiger partial charge on any atom is -0.495 e. The second kappa shape index (κ2) is 9.73. The molecule has 1 aliphatic heterocycles. The Morgan fingerprint density at radius 1 is 1.13 bits per heavy atom. The van der Waals surface area contributed by atoms with Crippen LogP contribution in [0.25, 0.3) is 6.08 Å². The molecule has 0 spiro atoms. The summed E-state index contributed by atoms with van der Waals surface area (Å²) in [5, 5.41) is 2.63. The van der Waals surface area contributed by atoms with Gasteiger partial charge >= 0.3 is 0 Å². The number of benzene rings is 2. The lowest BCUT2D eigenvalue weighted by Crippen LogP contribution is -2.40. The first kappa shape index (κ1) is 22.5. The van der Waals surface area contributed by atoms with Crippen molar-refractivity contribution in [3.8, 4) is 5.75 Å². The SMILES string of the molecule is COc1ccc(C(N)=O)cc1NC(=O)C=Cc1ccc(S(=O)(=O)N2CCOCC2)cc1. The van der Waals surface area contributed by atoms with Crippen LogP contribution in [0.5, 0.6) is 5.75 Å². The van der Waals surface area contributed by atoms with E-state index in [1.807, 2.05) is 0 Å². The fourth-order valence-corrected chi connectivity index (χ4v) is 4.40. The van der Waals surface area contributed by atoms with E-state index in [2.05, 4.69) is 5.32 Å². The largest absolute Gasteiger partial charge is 0.495 e. The summed E-state index contributed by atoms with van der Waals surface area (Å²) < 4.78 is 37.1. The topological polar surface area (TPSA) is 128 Å². The van der Waals surface area contributed by atoms with Gasteiger partial charge in [0.2, 0.25) is 21.8 Å². The van der Waals surface area contributed by atoms with Crippen molar-refractivity contribution in [2.24, 2.45) is 5.73 Å². The molecule has 0 aliphatic carbocycles. The second-order valence-electron chi connectivity index (χ2n) is 6.69. The molecular formula is C21H23N3O6S. The van der Waals surface area contributed by atoms with Crippen molar-refractivity contribution in [3.05, 3.63) is 59.7 Å². The van der Waals surface area contributed by atoms with Crippen LogP contribution in [0.1, 0.15) is 15.9 Å². The van der Waals surface area contributed by atoms with E-state index in [-0.39, 0.29) is 10.5 Å². The number of methoxy groups -OCH3 is 1. The molecule has 2 aromatic rings. The van der Waals surface area contributed by atoms with Gasteiger partial charge in [0.25, 0.3) is 0 Å². The van der Waals surface area contributed by atoms with E-state index < -0.39 is 21.8 Å². The van der Waals surface area contributed by atoms with Crippen molar-refractivity contribution >= 4 is 33.6 Å². The molecule has 1 aliphatic rings. The number of nitrogens with two attached hydrogens (primary N) is 1. The number of primary amides is 1. The highest BCUT2D eigenvalue weighted by atomic mass is 32.2. The molecule has 3 rings (SSSR count). The number of morpholine rings is 1. The van der Waals surface area contributed by atoms with Crippen LogP contribution < -0.4 is 15.8 Å². The maximum Gasteiger partial charge on any atom is 0.248 e. The zero-order chi connectivity index (χ0) is 22.4. The van der Waals surface area contributed by atoms with Gasteiger partial charge in [0.1, 0.15) is 5.75 Å². The number of hydrogen-bond donors (Lipinski definition) is 2. The van der Waals surface area contributed by atoms with E-state index >= 15 is 0 Å². The summed E-state index contributed by atoms with van der Waals surface area (Å²) in [6.45, 7) is 1.40. The van der Waals surface area contributed by atoms with Gasteiger partial charge in [0, 0.05) is 24.7 Å². The van der Waals surface area contributed by atoms with Gasteiger partial charge in [0.15, 0.2) is 0 Å². The van der Waals surface area contributed by atoms with E-state index in [0.717, 1.165) is 0 Å². The molecule has 2 aromatic carbocycles. The third-order valence-corrected chi connectivity index (χ3v) is 6.57. The average Bonchev–Trinajstić information content (AvgIpc) is 2.78. The highest BCUT2D eigenvalue weighted by Crippen LogP contribution is 2.25. The van der Waals surface area contributed by atoms with Crippen LogP contribution in [0.15, 0.2) is 53.4 Å². The van der Waals surface area contributed by atoms with E-state index in [0.29, 0.717) is 43.3 Å². The molecule has 9 nitrogen and oxygen atoms in total. The van der Waals surface area contributed by atoms with E-state index in [1.54, 1.807) is 18.2 Å². The minimum atomic E-state index is -3.57. The Morgan fingerprint density at radius 3 is 2.42 bits per heavy atom. The molecule has 10 heteroatoms. The van der Waals surface area contributed by atoms with Crippen LogP contribution in [0.4, 0.5) is 5.69 Å². The summed E-state index contributed by atoms with van der Waals surface area (Å²) in [5.74, 6) is -0.699. The fraction of sp³-hybridized carbons (Fsp3) is 0.238. The highest BCUT2D eigenvalue weighted by molar-refractivity contribution is 7.89. The first-order valence-corrected chi connectivity index (χ1v) is 10.9. The van der Waals surface area contributed by atoms with Crippen molar-refractivity contribution in [2.45, 2.75) is 4.90 Å². The summed E-state index contributed by atoms with van der Waals surface area (Å²) >= 11 is 0. The maximum absolute atomic E-state index is 12.6. The number of hydrogen-bond acceptors (Lipinski definition) is 6. The highest BCUT2D eigenvalue weighted by Gasteiger charge is 2.25. The summed E-state index contributed by atoms with van der Waals surface area (Å²) in [5.41, 5.74) is 6.46. The number of amides is 2. The number of carbonyl (C=O) groups excluding carboxylic acids is 2. The summed E-state index contributed by atoms with van der Waals surface area (Å²) in [7, 11) is -2.13. The molecule has 31 heavy (non-hydrogen) atoms. The van der Waals surface area contributed by atoms with Crippen LogP contribution in [-0.4, -0.2) is 58.0 Å². The number of nitrogens with one attached hydrogen (secondary N) is 1. The average molecular weight is 445 g/mol. The predicted octanol–water partition coefficient (Wildman–Crippen LogP) is 1.47. The molecule has 1 heterocycles. The van der Waals surface area contributed by atoms with Crippen molar-refractivity contribution in [3.63, 3.8) is 0 Å². The van der Waals surface area contributed by atoms with Crippen LogP contribution in [0.2, 0.25) is 0 Å². The van der Waals surface area contributed by atoms with Gasteiger partial charge in [-0.25, -0.2) is 8.42 Å². The lowest BCUT2D eigenvalue weighted by Gasteiger charge is -2.26. The monoisotopic (exact) mass is 445 g/mol. The molecule has 0 aromatic heterocycles. The second-order valence-corrected chi connectivity index (χ2v) is 8.63. The van der Waals surface area contributed by atoms with Gasteiger partial charge in [-0.2, -0.15) is 4.31 Å². The molecule has 0 bridgehead atoms. The Bertz CT molecular complexity index is 1090. The predicted molar refractivity (Wildman–Crippen MR) is 115 cm³/mol. The Balaban J connectivity index is 1.69. The fourth-order valence-electron chi connectivity index (χ4n) is 2.99. The van der Waals surface area contributed by atoms with E-state index in [9.17, 15) is 18.0 Å². The third-order valence-electron chi connectivity index (χ3n) is 4.66. The van der Waals surface area contributed by atoms with E-state index in [4.69, 9.17) is 15.2 Å². The summed E-state index contributed by atoms with van der Waals surface area (Å²) in [4.78, 5) is 23.8. The number of rotatable bonds is 7. The Kier molecular flexibility index (Phi) is 7.06. The molecule has 1 fully saturated rings. The zero-order valence-corrected chi connectivity index (χ0v) is 17.7. The van der Waals surface area contributed by atoms with Crippen molar-refractivity contribution in [1.82, 2.24) is 4.31 Å². The van der Waals surface area contributed by atoms with Crippen LogP contribution in [0.3, 0.4) is 0 Å². The molecule has 2 amide bonds. The Hall–Kier alpha value is -3.21. The van der Waals surface area contributed by atoms with Gasteiger partial charge in [-0.1, -0.05) is 12.1 Å². The van der Waals surface area contributed by atoms with Crippen LogP contribution in [-0.2, 0) is 19.6 Å². The quantitative estimate of drug-likeness (QED) is 0.621. The molecule has 164 valence electrons. The maximum atomic E-state index is 12.6. The van der Waals surface area contributed by atoms with Crippen molar-refractivity contribution < 1.29 is 27.5 Å². The molecule has 0 unspecified atom stereocenters. The lowest BCUT2D eigenvalue weighted by molar-refractivity contribution is -0.111. The van der Waals surface area contributed by atoms with Gasteiger partial charge in [-0.3, -0.25) is 9.59 Å². The van der Waals surface area contributed by atoms with Crippen molar-refractivity contribution in [1.29, 1.82) is 0 Å². The molecule has 0 radical (unpaired) electrons. The Morgan fingerprint density at radius 2 is 1.81 bits per heavy atom. The zero-order valence-electron chi connectivity index (χ0n) is 16.9. The Labute approximate surface area is 180 Å². The standard InChI is InChI=1S/C21H23N3O6S/c1-29-19-8-5-16(21(22)26)14-18(19)23-20(25)9-4-15-2-6-17(7-3-15)31(27,28)24-10-12-30-13-11-24/h2-9,14H,10-13H2,1H3,(H2,22,26)(H,23,25). The first-order chi connectivity index (χ1) is 14.8. The number of ether oxygens (including phenoxy) is 2. The van der Waals surface area contributed by atoms with Crippen molar-refractivity contribution in [2.75, 3.05) is 38.7 Å². The lowest BCUT2D eigenvalue weighted by atomic mass is 10.1. The smallest absolute Gasteiger partial charge is 0.248 e. The number of nitrogens with zero attached hydrogens (tertiary/aromatic N) is 1.